The summed E-state index contributed by atoms with van der Waals surface area (Å²) in [4.78, 5) is 2.60. The highest BCUT2D eigenvalue weighted by molar-refractivity contribution is 5.25. The molecule has 0 bridgehead atoms. The van der Waals surface area contributed by atoms with Gasteiger partial charge in [0.05, 0.1) is 0 Å². The van der Waals surface area contributed by atoms with Crippen LogP contribution in [-0.4, -0.2) is 37.1 Å². The zero-order valence-electron chi connectivity index (χ0n) is 11.9. The molecule has 2 heteroatoms. The molecule has 1 N–H and O–H groups in total. The van der Waals surface area contributed by atoms with Gasteiger partial charge in [-0.15, -0.1) is 0 Å². The minimum Gasteiger partial charge on any atom is -0.311 e. The van der Waals surface area contributed by atoms with Gasteiger partial charge < -0.3 is 10.2 Å². The molecular weight excluding hydrogens is 220 g/mol. The van der Waals surface area contributed by atoms with Crippen LogP contribution in [0.5, 0.6) is 0 Å². The van der Waals surface area contributed by atoms with Crippen LogP contribution in [0.2, 0.25) is 0 Å². The standard InChI is InChI=1S/C16H26N2/c1-13(2)16-12-18(11-9-17-16)10-8-15-7-5-4-6-14(15)3/h4-7,13,16-17H,8-12H2,1-3H3. The fourth-order valence-corrected chi connectivity index (χ4v) is 2.66. The second kappa shape index (κ2) is 6.35. The molecule has 0 saturated carbocycles. The third kappa shape index (κ3) is 3.56. The maximum atomic E-state index is 3.62. The molecule has 1 aromatic carbocycles. The molecule has 1 fully saturated rings. The van der Waals surface area contributed by atoms with Crippen molar-refractivity contribution < 1.29 is 0 Å². The molecule has 1 aliphatic heterocycles. The van der Waals surface area contributed by atoms with Crippen molar-refractivity contribution in [1.82, 2.24) is 10.2 Å². The molecule has 1 atom stereocenters. The van der Waals surface area contributed by atoms with E-state index in [1.54, 1.807) is 0 Å². The van der Waals surface area contributed by atoms with Crippen LogP contribution in [0.15, 0.2) is 24.3 Å². The Labute approximate surface area is 111 Å². The summed E-state index contributed by atoms with van der Waals surface area (Å²) in [6.07, 6.45) is 1.18. The lowest BCUT2D eigenvalue weighted by Crippen LogP contribution is -2.53. The van der Waals surface area contributed by atoms with Gasteiger partial charge in [-0.1, -0.05) is 38.1 Å². The lowest BCUT2D eigenvalue weighted by molar-refractivity contribution is 0.177. The van der Waals surface area contributed by atoms with Crippen LogP contribution in [0.1, 0.15) is 25.0 Å². The maximum Gasteiger partial charge on any atom is 0.0218 e. The van der Waals surface area contributed by atoms with Crippen molar-refractivity contribution in [2.45, 2.75) is 33.2 Å². The molecule has 1 aromatic rings. The molecule has 0 aromatic heterocycles. The second-order valence-corrected chi connectivity index (χ2v) is 5.78. The van der Waals surface area contributed by atoms with Crippen LogP contribution < -0.4 is 5.32 Å². The van der Waals surface area contributed by atoms with Crippen molar-refractivity contribution in [2.75, 3.05) is 26.2 Å². The van der Waals surface area contributed by atoms with Crippen LogP contribution >= 0.6 is 0 Å². The largest absolute Gasteiger partial charge is 0.311 e. The van der Waals surface area contributed by atoms with Crippen molar-refractivity contribution in [3.05, 3.63) is 35.4 Å². The minimum absolute atomic E-state index is 0.663. The second-order valence-electron chi connectivity index (χ2n) is 5.78. The number of benzene rings is 1. The first-order chi connectivity index (χ1) is 8.66. The van der Waals surface area contributed by atoms with Crippen LogP contribution in [0.4, 0.5) is 0 Å². The number of nitrogens with zero attached hydrogens (tertiary/aromatic N) is 1. The fourth-order valence-electron chi connectivity index (χ4n) is 2.66. The van der Waals surface area contributed by atoms with Gasteiger partial charge in [-0.3, -0.25) is 0 Å². The summed E-state index contributed by atoms with van der Waals surface area (Å²) in [6, 6.07) is 9.41. The Morgan fingerprint density at radius 2 is 2.11 bits per heavy atom. The summed E-state index contributed by atoms with van der Waals surface area (Å²) < 4.78 is 0. The average molecular weight is 246 g/mol. The first-order valence-electron chi connectivity index (χ1n) is 7.17. The monoisotopic (exact) mass is 246 g/mol. The number of hydrogen-bond donors (Lipinski definition) is 1. The summed E-state index contributed by atoms with van der Waals surface area (Å²) in [7, 11) is 0. The Kier molecular flexibility index (Phi) is 4.79. The number of aryl methyl sites for hydroxylation is 1. The van der Waals surface area contributed by atoms with E-state index in [9.17, 15) is 0 Å². The molecule has 0 spiro atoms. The smallest absolute Gasteiger partial charge is 0.0218 e. The normalized spacial score (nSPS) is 21.4. The van der Waals surface area contributed by atoms with Crippen molar-refractivity contribution in [3.8, 4) is 0 Å². The molecule has 0 aliphatic carbocycles. The predicted octanol–water partition coefficient (Wildman–Crippen LogP) is 2.47. The van der Waals surface area contributed by atoms with E-state index in [1.807, 2.05) is 0 Å². The summed E-state index contributed by atoms with van der Waals surface area (Å²) in [6.45, 7) is 11.5. The highest BCUT2D eigenvalue weighted by atomic mass is 15.2. The first kappa shape index (κ1) is 13.6. The van der Waals surface area contributed by atoms with E-state index in [0.717, 1.165) is 12.5 Å². The Bertz CT molecular complexity index is 373. The zero-order chi connectivity index (χ0) is 13.0. The number of piperazine rings is 1. The van der Waals surface area contributed by atoms with E-state index in [4.69, 9.17) is 0 Å². The Hall–Kier alpha value is -0.860. The molecule has 1 heterocycles. The summed E-state index contributed by atoms with van der Waals surface area (Å²) in [5, 5.41) is 3.62. The average Bonchev–Trinajstić information content (AvgIpc) is 2.38. The predicted molar refractivity (Wildman–Crippen MR) is 78.0 cm³/mol. The third-order valence-electron chi connectivity index (χ3n) is 4.05. The van der Waals surface area contributed by atoms with Crippen molar-refractivity contribution in [3.63, 3.8) is 0 Å². The van der Waals surface area contributed by atoms with Crippen molar-refractivity contribution in [1.29, 1.82) is 0 Å². The summed E-state index contributed by atoms with van der Waals surface area (Å²) in [5.74, 6) is 0.728. The van der Waals surface area contributed by atoms with Crippen LogP contribution in [-0.2, 0) is 6.42 Å². The van der Waals surface area contributed by atoms with Gasteiger partial charge in [0.2, 0.25) is 0 Å². The van der Waals surface area contributed by atoms with Gasteiger partial charge in [0.15, 0.2) is 0 Å². The molecule has 2 rings (SSSR count). The van der Waals surface area contributed by atoms with E-state index >= 15 is 0 Å². The van der Waals surface area contributed by atoms with Crippen molar-refractivity contribution in [2.24, 2.45) is 5.92 Å². The Morgan fingerprint density at radius 1 is 1.33 bits per heavy atom. The molecule has 1 unspecified atom stereocenters. The number of hydrogen-bond acceptors (Lipinski definition) is 2. The van der Waals surface area contributed by atoms with Crippen LogP contribution in [0.3, 0.4) is 0 Å². The first-order valence-corrected chi connectivity index (χ1v) is 7.17. The summed E-state index contributed by atoms with van der Waals surface area (Å²) in [5.41, 5.74) is 2.92. The van der Waals surface area contributed by atoms with E-state index in [0.29, 0.717) is 6.04 Å². The minimum atomic E-state index is 0.663. The number of rotatable bonds is 4. The quantitative estimate of drug-likeness (QED) is 0.878. The lowest BCUT2D eigenvalue weighted by atomic mass is 10.0. The SMILES string of the molecule is Cc1ccccc1CCN1CCNC(C(C)C)C1. The topological polar surface area (TPSA) is 15.3 Å². The summed E-state index contributed by atoms with van der Waals surface area (Å²) >= 11 is 0. The van der Waals surface area contributed by atoms with E-state index in [1.165, 1.54) is 37.2 Å². The fraction of sp³-hybridized carbons (Fsp3) is 0.625. The van der Waals surface area contributed by atoms with Gasteiger partial charge in [-0.2, -0.15) is 0 Å². The molecule has 100 valence electrons. The van der Waals surface area contributed by atoms with Gasteiger partial charge in [-0.25, -0.2) is 0 Å². The van der Waals surface area contributed by atoms with Gasteiger partial charge in [-0.05, 0) is 30.4 Å². The Morgan fingerprint density at radius 3 is 2.83 bits per heavy atom. The lowest BCUT2D eigenvalue weighted by Gasteiger charge is -2.35. The number of nitrogens with one attached hydrogen (secondary N) is 1. The van der Waals surface area contributed by atoms with E-state index in [2.05, 4.69) is 55.3 Å². The van der Waals surface area contributed by atoms with Gasteiger partial charge >= 0.3 is 0 Å². The van der Waals surface area contributed by atoms with E-state index < -0.39 is 0 Å². The molecule has 1 aliphatic rings. The van der Waals surface area contributed by atoms with Gasteiger partial charge in [0.1, 0.15) is 0 Å². The molecule has 0 radical (unpaired) electrons. The maximum absolute atomic E-state index is 3.62. The highest BCUT2D eigenvalue weighted by Gasteiger charge is 2.21. The van der Waals surface area contributed by atoms with E-state index in [-0.39, 0.29) is 0 Å². The van der Waals surface area contributed by atoms with Crippen LogP contribution in [0, 0.1) is 12.8 Å². The molecule has 0 amide bonds. The Balaban J connectivity index is 1.85. The molecule has 2 nitrogen and oxygen atoms in total. The van der Waals surface area contributed by atoms with Crippen LogP contribution in [0.25, 0.3) is 0 Å². The highest BCUT2D eigenvalue weighted by Crippen LogP contribution is 2.11. The third-order valence-corrected chi connectivity index (χ3v) is 4.05. The van der Waals surface area contributed by atoms with Gasteiger partial charge in [0, 0.05) is 32.2 Å². The molecule has 18 heavy (non-hydrogen) atoms. The van der Waals surface area contributed by atoms with Gasteiger partial charge in [0.25, 0.3) is 0 Å². The van der Waals surface area contributed by atoms with Crippen molar-refractivity contribution >= 4 is 0 Å². The molecular formula is C16H26N2. The zero-order valence-corrected chi connectivity index (χ0v) is 11.9. The molecule has 1 saturated heterocycles.